The van der Waals surface area contributed by atoms with Gasteiger partial charge in [0, 0.05) is 31.6 Å². The molecule has 1 saturated carbocycles. The van der Waals surface area contributed by atoms with Gasteiger partial charge in [-0.3, -0.25) is 4.90 Å². The number of aliphatic hydroxyl groups is 1. The van der Waals surface area contributed by atoms with Crippen molar-refractivity contribution in [2.75, 3.05) is 37.5 Å². The zero-order chi connectivity index (χ0) is 24.0. The van der Waals surface area contributed by atoms with Gasteiger partial charge in [0.05, 0.1) is 32.6 Å². The van der Waals surface area contributed by atoms with Gasteiger partial charge in [-0.15, -0.1) is 0 Å². The lowest BCUT2D eigenvalue weighted by Gasteiger charge is -2.37. The molecule has 3 heterocycles. The van der Waals surface area contributed by atoms with Gasteiger partial charge < -0.3 is 15.2 Å². The Labute approximate surface area is 195 Å². The topological polar surface area (TPSA) is 82.9 Å². The van der Waals surface area contributed by atoms with E-state index in [1.165, 1.54) is 11.9 Å². The zero-order valence-corrected chi connectivity index (χ0v) is 19.1. The number of benzene rings is 1. The van der Waals surface area contributed by atoms with Crippen molar-refractivity contribution in [1.29, 1.82) is 0 Å². The molecule has 2 aliphatic heterocycles. The van der Waals surface area contributed by atoms with E-state index < -0.39 is 17.5 Å². The minimum absolute atomic E-state index is 0.0721. The predicted molar refractivity (Wildman–Crippen MR) is 123 cm³/mol. The van der Waals surface area contributed by atoms with E-state index in [9.17, 15) is 18.3 Å². The summed E-state index contributed by atoms with van der Waals surface area (Å²) in [7, 11) is 3.41. The van der Waals surface area contributed by atoms with E-state index in [2.05, 4.69) is 15.3 Å². The summed E-state index contributed by atoms with van der Waals surface area (Å²) in [5.74, 6) is -1.61. The van der Waals surface area contributed by atoms with Crippen LogP contribution in [0.3, 0.4) is 0 Å². The summed E-state index contributed by atoms with van der Waals surface area (Å²) in [6, 6.07) is 1.39. The Hall–Kier alpha value is -2.76. The molecule has 0 bridgehead atoms. The van der Waals surface area contributed by atoms with Crippen molar-refractivity contribution in [2.45, 2.75) is 50.3 Å². The zero-order valence-electron chi connectivity index (χ0n) is 19.1. The number of nitrogens with one attached hydrogen (secondary N) is 1. The van der Waals surface area contributed by atoms with E-state index >= 15 is 0 Å². The maximum absolute atomic E-state index is 14.7. The number of anilines is 2. The van der Waals surface area contributed by atoms with Crippen LogP contribution in [0.15, 0.2) is 23.3 Å². The fourth-order valence-electron chi connectivity index (χ4n) is 5.17. The van der Waals surface area contributed by atoms with Gasteiger partial charge in [0.2, 0.25) is 5.95 Å². The summed E-state index contributed by atoms with van der Waals surface area (Å²) < 4.78 is 48.6. The van der Waals surface area contributed by atoms with Gasteiger partial charge >= 0.3 is 5.96 Å². The number of aromatic nitrogens is 2. The molecule has 1 aliphatic carbocycles. The van der Waals surface area contributed by atoms with Crippen LogP contribution in [0.25, 0.3) is 0 Å². The second-order valence-electron chi connectivity index (χ2n) is 9.33. The molecule has 182 valence electrons. The van der Waals surface area contributed by atoms with Gasteiger partial charge in [0.25, 0.3) is 5.82 Å². The molecule has 0 amide bonds. The van der Waals surface area contributed by atoms with Gasteiger partial charge in [-0.1, -0.05) is 0 Å². The third-order valence-electron chi connectivity index (χ3n) is 7.11. The smallest absolute Gasteiger partial charge is 0.316 e. The number of guanidine groups is 1. The van der Waals surface area contributed by atoms with E-state index in [1.807, 2.05) is 7.05 Å². The number of aliphatic hydroxyl groups excluding tert-OH is 1. The van der Waals surface area contributed by atoms with Crippen molar-refractivity contribution in [2.24, 2.45) is 4.99 Å². The van der Waals surface area contributed by atoms with Gasteiger partial charge in [0.1, 0.15) is 17.5 Å². The average Bonchev–Trinajstić information content (AvgIpc) is 3.43. The number of nitrogens with zero attached hydrogens (tertiary/aromatic N) is 5. The number of hydrogen-bond acceptors (Lipinski definition) is 7. The van der Waals surface area contributed by atoms with Crippen LogP contribution in [0.4, 0.5) is 36.3 Å². The van der Waals surface area contributed by atoms with Crippen LogP contribution >= 0.6 is 0 Å². The number of fused-ring (bicyclic) bond motifs is 1. The quantitative estimate of drug-likeness (QED) is 0.657. The molecule has 2 unspecified atom stereocenters. The van der Waals surface area contributed by atoms with Gasteiger partial charge in [-0.25, -0.2) is 22.6 Å². The van der Waals surface area contributed by atoms with Crippen molar-refractivity contribution < 1.29 is 23.0 Å². The lowest BCUT2D eigenvalue weighted by atomic mass is 9.93. The van der Waals surface area contributed by atoms with Gasteiger partial charge in [-0.05, 0) is 25.7 Å². The molecule has 11 heteroatoms. The van der Waals surface area contributed by atoms with Crippen LogP contribution in [-0.4, -0.2) is 66.5 Å². The minimum atomic E-state index is -1.01. The number of rotatable bonds is 4. The lowest BCUT2D eigenvalue weighted by Crippen LogP contribution is -2.62. The molecule has 0 radical (unpaired) electrons. The highest BCUT2D eigenvalue weighted by molar-refractivity contribution is 6.09. The highest BCUT2D eigenvalue weighted by Crippen LogP contribution is 2.43. The van der Waals surface area contributed by atoms with Crippen molar-refractivity contribution in [3.05, 3.63) is 35.8 Å². The summed E-state index contributed by atoms with van der Waals surface area (Å²) >= 11 is 0. The van der Waals surface area contributed by atoms with E-state index in [1.54, 1.807) is 6.20 Å². The summed E-state index contributed by atoms with van der Waals surface area (Å²) in [6.45, 7) is 0.995. The van der Waals surface area contributed by atoms with Crippen LogP contribution in [-0.2, 0) is 4.74 Å². The normalized spacial score (nSPS) is 28.5. The second kappa shape index (κ2) is 8.79. The molecule has 34 heavy (non-hydrogen) atoms. The first-order valence-corrected chi connectivity index (χ1v) is 11.5. The van der Waals surface area contributed by atoms with Crippen molar-refractivity contribution in [1.82, 2.24) is 14.5 Å². The maximum Gasteiger partial charge on any atom is 0.316 e. The number of hydrogen-bond donors (Lipinski definition) is 2. The molecule has 2 N–H and O–H groups in total. The SMILES string of the molecule is CN(C1=Nc2cnc(NC3CCC(O)CC3)nc2[N+]1(C)C1CCOC1)c1c(F)cc(F)cc1F. The fraction of sp³-hybridized carbons (Fsp3) is 0.522. The third-order valence-corrected chi connectivity index (χ3v) is 7.11. The van der Waals surface area contributed by atoms with Crippen LogP contribution in [0.2, 0.25) is 0 Å². The Morgan fingerprint density at radius 3 is 2.47 bits per heavy atom. The Bertz CT molecular complexity index is 1090. The van der Waals surface area contributed by atoms with Gasteiger partial charge in [-0.2, -0.15) is 9.98 Å². The van der Waals surface area contributed by atoms with Crippen LogP contribution in [0.1, 0.15) is 32.1 Å². The standard InChI is InChI=1S/C23H28F3N6O2/c1-31(20-17(25)9-13(24)10-18(20)26)23-29-19-11-27-22(28-14-3-5-16(33)6-4-14)30-21(19)32(23,2)15-7-8-34-12-15/h9-11,14-16,33H,3-8,12H2,1-2H3,(H,27,28,30)/q+1. The molecule has 5 rings (SSSR count). The molecule has 2 atom stereocenters. The molecular formula is C23H28F3N6O2+. The van der Waals surface area contributed by atoms with Crippen molar-refractivity contribution in [3.8, 4) is 0 Å². The van der Waals surface area contributed by atoms with Crippen molar-refractivity contribution in [3.63, 3.8) is 0 Å². The maximum atomic E-state index is 14.7. The molecule has 8 nitrogen and oxygen atoms in total. The predicted octanol–water partition coefficient (Wildman–Crippen LogP) is 3.47. The van der Waals surface area contributed by atoms with Crippen LogP contribution in [0, 0.1) is 17.5 Å². The average molecular weight is 478 g/mol. The Kier molecular flexibility index (Phi) is 5.95. The number of quaternary nitrogens is 1. The number of halogens is 3. The molecule has 1 aromatic heterocycles. The highest BCUT2D eigenvalue weighted by atomic mass is 19.1. The molecule has 0 spiro atoms. The van der Waals surface area contributed by atoms with Crippen LogP contribution < -0.4 is 14.7 Å². The first-order chi connectivity index (χ1) is 16.3. The number of ether oxygens (including phenoxy) is 1. The first-order valence-electron chi connectivity index (χ1n) is 11.5. The third kappa shape index (κ3) is 3.91. The largest absolute Gasteiger partial charge is 0.393 e. The second-order valence-corrected chi connectivity index (χ2v) is 9.33. The summed E-state index contributed by atoms with van der Waals surface area (Å²) in [6.07, 6.45) is 5.14. The molecule has 1 saturated heterocycles. The Morgan fingerprint density at radius 1 is 1.12 bits per heavy atom. The Balaban J connectivity index is 1.51. The minimum Gasteiger partial charge on any atom is -0.393 e. The molecule has 3 aliphatic rings. The number of aliphatic imine (C=N–C) groups is 1. The monoisotopic (exact) mass is 477 g/mol. The summed E-state index contributed by atoms with van der Waals surface area (Å²) in [4.78, 5) is 15.2. The fourth-order valence-corrected chi connectivity index (χ4v) is 5.17. The first kappa shape index (κ1) is 23.0. The highest BCUT2D eigenvalue weighted by Gasteiger charge is 2.52. The van der Waals surface area contributed by atoms with E-state index in [4.69, 9.17) is 9.72 Å². The molecule has 2 fully saturated rings. The molecule has 2 aromatic rings. The number of likely N-dealkylation sites (N-methyl/N-ethyl adjacent to an activating group) is 1. The van der Waals surface area contributed by atoms with Gasteiger partial charge in [0.15, 0.2) is 17.3 Å². The van der Waals surface area contributed by atoms with Crippen molar-refractivity contribution >= 4 is 29.1 Å². The summed E-state index contributed by atoms with van der Waals surface area (Å²) in [5, 5.41) is 13.1. The molecular weight excluding hydrogens is 449 g/mol. The lowest BCUT2D eigenvalue weighted by molar-refractivity contribution is 0.126. The van der Waals surface area contributed by atoms with E-state index in [0.717, 1.165) is 25.7 Å². The van der Waals surface area contributed by atoms with Crippen LogP contribution in [0.5, 0.6) is 0 Å². The summed E-state index contributed by atoms with van der Waals surface area (Å²) in [5.41, 5.74) is 0.118. The van der Waals surface area contributed by atoms with E-state index in [0.29, 0.717) is 55.2 Å². The van der Waals surface area contributed by atoms with E-state index in [-0.39, 0.29) is 28.4 Å². The molecule has 1 aromatic carbocycles. The Morgan fingerprint density at radius 2 is 1.82 bits per heavy atom.